The van der Waals surface area contributed by atoms with E-state index in [2.05, 4.69) is 12.6 Å². The summed E-state index contributed by atoms with van der Waals surface area (Å²) in [5.41, 5.74) is 0.606. The van der Waals surface area contributed by atoms with Crippen molar-refractivity contribution in [1.82, 2.24) is 0 Å². The third-order valence-corrected chi connectivity index (χ3v) is 2.35. The Morgan fingerprint density at radius 2 is 2.08 bits per heavy atom. The summed E-state index contributed by atoms with van der Waals surface area (Å²) >= 11 is 9.61. The van der Waals surface area contributed by atoms with Crippen molar-refractivity contribution in [3.63, 3.8) is 0 Å². The predicted octanol–water partition coefficient (Wildman–Crippen LogP) is 1.66. The van der Waals surface area contributed by atoms with Gasteiger partial charge in [-0.1, -0.05) is 23.7 Å². The molecule has 0 aliphatic rings. The van der Waals surface area contributed by atoms with Gasteiger partial charge in [0, 0.05) is 10.8 Å². The highest BCUT2D eigenvalue weighted by atomic mass is 35.5. The van der Waals surface area contributed by atoms with Crippen LogP contribution in [0.4, 0.5) is 0 Å². The van der Waals surface area contributed by atoms with E-state index in [0.717, 1.165) is 0 Å². The van der Waals surface area contributed by atoms with E-state index < -0.39 is 12.2 Å². The SMILES string of the molecule is OC(CS)C(O)c1cccc(Cl)c1. The molecule has 0 fully saturated rings. The van der Waals surface area contributed by atoms with Crippen molar-refractivity contribution in [2.75, 3.05) is 5.75 Å². The molecule has 1 rings (SSSR count). The Labute approximate surface area is 87.6 Å². The van der Waals surface area contributed by atoms with Crippen LogP contribution in [0, 0.1) is 0 Å². The topological polar surface area (TPSA) is 40.5 Å². The van der Waals surface area contributed by atoms with Crippen LogP contribution in [0.25, 0.3) is 0 Å². The lowest BCUT2D eigenvalue weighted by Crippen LogP contribution is -2.19. The molecule has 0 radical (unpaired) electrons. The maximum atomic E-state index is 9.56. The van der Waals surface area contributed by atoms with Crippen LogP contribution in [0.1, 0.15) is 11.7 Å². The zero-order valence-electron chi connectivity index (χ0n) is 6.89. The third-order valence-electron chi connectivity index (χ3n) is 1.74. The second-order valence-corrected chi connectivity index (χ2v) is 3.55. The molecule has 2 unspecified atom stereocenters. The van der Waals surface area contributed by atoms with Crippen molar-refractivity contribution in [2.45, 2.75) is 12.2 Å². The summed E-state index contributed by atoms with van der Waals surface area (Å²) < 4.78 is 0. The largest absolute Gasteiger partial charge is 0.389 e. The van der Waals surface area contributed by atoms with E-state index in [4.69, 9.17) is 11.6 Å². The van der Waals surface area contributed by atoms with Crippen LogP contribution >= 0.6 is 24.2 Å². The van der Waals surface area contributed by atoms with E-state index in [1.807, 2.05) is 0 Å². The van der Waals surface area contributed by atoms with Crippen molar-refractivity contribution < 1.29 is 10.2 Å². The lowest BCUT2D eigenvalue weighted by Gasteiger charge is -2.15. The molecule has 0 aliphatic heterocycles. The van der Waals surface area contributed by atoms with Gasteiger partial charge in [-0.2, -0.15) is 12.6 Å². The Kier molecular flexibility index (Phi) is 4.06. The number of hydrogen-bond donors (Lipinski definition) is 3. The average molecular weight is 219 g/mol. The first-order valence-electron chi connectivity index (χ1n) is 3.87. The monoisotopic (exact) mass is 218 g/mol. The van der Waals surface area contributed by atoms with E-state index in [1.165, 1.54) is 0 Å². The molecule has 2 atom stereocenters. The maximum Gasteiger partial charge on any atom is 0.106 e. The van der Waals surface area contributed by atoms with Crippen molar-refractivity contribution in [3.8, 4) is 0 Å². The summed E-state index contributed by atoms with van der Waals surface area (Å²) in [5.74, 6) is 0.216. The van der Waals surface area contributed by atoms with Gasteiger partial charge in [0.1, 0.15) is 6.10 Å². The summed E-state index contributed by atoms with van der Waals surface area (Å²) in [6, 6.07) is 6.78. The lowest BCUT2D eigenvalue weighted by molar-refractivity contribution is 0.0338. The van der Waals surface area contributed by atoms with Crippen LogP contribution in [0.3, 0.4) is 0 Å². The van der Waals surface area contributed by atoms with Crippen LogP contribution in [-0.2, 0) is 0 Å². The number of aliphatic hydroxyl groups excluding tert-OH is 2. The molecule has 0 bridgehead atoms. The highest BCUT2D eigenvalue weighted by molar-refractivity contribution is 7.80. The van der Waals surface area contributed by atoms with Gasteiger partial charge in [-0.05, 0) is 17.7 Å². The first-order chi connectivity index (χ1) is 6.15. The zero-order valence-corrected chi connectivity index (χ0v) is 8.54. The number of rotatable bonds is 3. The summed E-state index contributed by atoms with van der Waals surface area (Å²) in [4.78, 5) is 0. The molecule has 1 aromatic carbocycles. The third kappa shape index (κ3) is 2.88. The number of benzene rings is 1. The summed E-state index contributed by atoms with van der Waals surface area (Å²) in [5, 5.41) is 19.4. The molecule has 13 heavy (non-hydrogen) atoms. The van der Waals surface area contributed by atoms with Crippen molar-refractivity contribution in [2.24, 2.45) is 0 Å². The molecule has 0 aliphatic carbocycles. The quantitative estimate of drug-likeness (QED) is 0.676. The number of aliphatic hydroxyl groups is 2. The summed E-state index contributed by atoms with van der Waals surface area (Å²) in [6.07, 6.45) is -1.78. The Morgan fingerprint density at radius 3 is 2.62 bits per heavy atom. The predicted molar refractivity (Wildman–Crippen MR) is 56.3 cm³/mol. The Hall–Kier alpha value is -0.220. The van der Waals surface area contributed by atoms with Crippen molar-refractivity contribution in [1.29, 1.82) is 0 Å². The molecule has 0 aromatic heterocycles. The number of hydrogen-bond acceptors (Lipinski definition) is 3. The minimum Gasteiger partial charge on any atom is -0.389 e. The number of halogens is 1. The van der Waals surface area contributed by atoms with Crippen LogP contribution in [-0.4, -0.2) is 22.1 Å². The average Bonchev–Trinajstić information content (AvgIpc) is 2.15. The summed E-state index contributed by atoms with van der Waals surface area (Å²) in [6.45, 7) is 0. The van der Waals surface area contributed by atoms with E-state index in [0.29, 0.717) is 10.6 Å². The Balaban J connectivity index is 2.82. The molecule has 2 N–H and O–H groups in total. The molecule has 72 valence electrons. The van der Waals surface area contributed by atoms with Gasteiger partial charge in [0.25, 0.3) is 0 Å². The van der Waals surface area contributed by atoms with Crippen LogP contribution in [0.5, 0.6) is 0 Å². The maximum absolute atomic E-state index is 9.56. The molecule has 0 heterocycles. The molecule has 0 spiro atoms. The molecular weight excluding hydrogens is 208 g/mol. The van der Waals surface area contributed by atoms with E-state index in [1.54, 1.807) is 24.3 Å². The van der Waals surface area contributed by atoms with Gasteiger partial charge in [0.15, 0.2) is 0 Å². The smallest absolute Gasteiger partial charge is 0.106 e. The lowest BCUT2D eigenvalue weighted by atomic mass is 10.1. The minimum absolute atomic E-state index is 0.216. The van der Waals surface area contributed by atoms with Gasteiger partial charge in [0.2, 0.25) is 0 Å². The summed E-state index contributed by atoms with van der Waals surface area (Å²) in [7, 11) is 0. The molecule has 0 saturated carbocycles. The van der Waals surface area contributed by atoms with Gasteiger partial charge in [-0.3, -0.25) is 0 Å². The highest BCUT2D eigenvalue weighted by Gasteiger charge is 2.16. The second kappa shape index (κ2) is 4.86. The fourth-order valence-electron chi connectivity index (χ4n) is 1.01. The van der Waals surface area contributed by atoms with Crippen LogP contribution in [0.2, 0.25) is 5.02 Å². The highest BCUT2D eigenvalue weighted by Crippen LogP contribution is 2.20. The van der Waals surface area contributed by atoms with E-state index >= 15 is 0 Å². The fraction of sp³-hybridized carbons (Fsp3) is 0.333. The van der Waals surface area contributed by atoms with Gasteiger partial charge in [-0.15, -0.1) is 0 Å². The molecule has 0 saturated heterocycles. The van der Waals surface area contributed by atoms with Gasteiger partial charge in [-0.25, -0.2) is 0 Å². The Bertz CT molecular complexity index is 280. The van der Waals surface area contributed by atoms with Gasteiger partial charge in [0.05, 0.1) is 6.10 Å². The van der Waals surface area contributed by atoms with Gasteiger partial charge < -0.3 is 10.2 Å². The molecule has 4 heteroatoms. The van der Waals surface area contributed by atoms with E-state index in [-0.39, 0.29) is 5.75 Å². The number of thiol groups is 1. The molecule has 0 amide bonds. The Morgan fingerprint density at radius 1 is 1.38 bits per heavy atom. The van der Waals surface area contributed by atoms with E-state index in [9.17, 15) is 10.2 Å². The molecular formula is C9H11ClO2S. The van der Waals surface area contributed by atoms with Crippen molar-refractivity contribution in [3.05, 3.63) is 34.9 Å². The normalized spacial score (nSPS) is 15.4. The van der Waals surface area contributed by atoms with Crippen LogP contribution < -0.4 is 0 Å². The molecule has 1 aromatic rings. The first-order valence-corrected chi connectivity index (χ1v) is 4.88. The molecule has 2 nitrogen and oxygen atoms in total. The standard InChI is InChI=1S/C9H11ClO2S/c10-7-3-1-2-6(4-7)9(12)8(11)5-13/h1-4,8-9,11-13H,5H2. The first kappa shape index (κ1) is 10.9. The second-order valence-electron chi connectivity index (χ2n) is 2.75. The van der Waals surface area contributed by atoms with Crippen molar-refractivity contribution >= 4 is 24.2 Å². The van der Waals surface area contributed by atoms with Gasteiger partial charge >= 0.3 is 0 Å². The van der Waals surface area contributed by atoms with Crippen LogP contribution in [0.15, 0.2) is 24.3 Å². The fourth-order valence-corrected chi connectivity index (χ4v) is 1.41. The zero-order chi connectivity index (χ0) is 9.84. The minimum atomic E-state index is -0.920.